The van der Waals surface area contributed by atoms with Crippen LogP contribution >= 0.6 is 0 Å². The Morgan fingerprint density at radius 1 is 1.08 bits per heavy atom. The number of rotatable bonds is 7. The highest BCUT2D eigenvalue weighted by Gasteiger charge is 2.28. The number of hydrogen-bond donors (Lipinski definition) is 2. The standard InChI is InChI=1S/C18H24N2O3S/c1-4-11-19-18(21)17(13(2)3)20-24(22,23)16-10-9-14-7-5-6-8-15(14)12-16/h5-10,12-13,17,20H,4,11H2,1-3H3,(H,19,21)/t17-/m1/s1. The monoisotopic (exact) mass is 348 g/mol. The molecule has 24 heavy (non-hydrogen) atoms. The van der Waals surface area contributed by atoms with Gasteiger partial charge in [0.1, 0.15) is 6.04 Å². The number of amides is 1. The lowest BCUT2D eigenvalue weighted by Gasteiger charge is -2.21. The zero-order valence-corrected chi connectivity index (χ0v) is 15.1. The molecule has 1 amide bonds. The molecule has 1 atom stereocenters. The second kappa shape index (κ2) is 7.77. The lowest BCUT2D eigenvalue weighted by Crippen LogP contribution is -2.49. The van der Waals surface area contributed by atoms with Gasteiger partial charge >= 0.3 is 0 Å². The van der Waals surface area contributed by atoms with Crippen LogP contribution in [0.4, 0.5) is 0 Å². The van der Waals surface area contributed by atoms with E-state index in [2.05, 4.69) is 10.0 Å². The van der Waals surface area contributed by atoms with Gasteiger partial charge in [0.2, 0.25) is 15.9 Å². The summed E-state index contributed by atoms with van der Waals surface area (Å²) in [6.07, 6.45) is 0.800. The molecule has 0 heterocycles. The quantitative estimate of drug-likeness (QED) is 0.808. The highest BCUT2D eigenvalue weighted by atomic mass is 32.2. The van der Waals surface area contributed by atoms with Crippen LogP contribution in [0.3, 0.4) is 0 Å². The van der Waals surface area contributed by atoms with Crippen molar-refractivity contribution in [3.05, 3.63) is 42.5 Å². The Hall–Kier alpha value is -1.92. The molecule has 0 aliphatic rings. The highest BCUT2D eigenvalue weighted by molar-refractivity contribution is 7.89. The molecule has 0 aliphatic carbocycles. The van der Waals surface area contributed by atoms with Crippen LogP contribution in [0, 0.1) is 5.92 Å². The molecule has 0 saturated heterocycles. The Balaban J connectivity index is 2.28. The molecule has 0 spiro atoms. The average Bonchev–Trinajstić information content (AvgIpc) is 2.56. The van der Waals surface area contributed by atoms with Gasteiger partial charge in [-0.05, 0) is 35.2 Å². The van der Waals surface area contributed by atoms with E-state index in [1.807, 2.05) is 45.0 Å². The Bertz CT molecular complexity index is 816. The van der Waals surface area contributed by atoms with Crippen LogP contribution in [0.2, 0.25) is 0 Å². The topological polar surface area (TPSA) is 75.3 Å². The molecule has 0 unspecified atom stereocenters. The molecular weight excluding hydrogens is 324 g/mol. The largest absolute Gasteiger partial charge is 0.355 e. The van der Waals surface area contributed by atoms with Gasteiger partial charge in [-0.1, -0.05) is 51.1 Å². The first-order valence-corrected chi connectivity index (χ1v) is 9.62. The number of carbonyl (C=O) groups excluding carboxylic acids is 1. The minimum atomic E-state index is -3.78. The van der Waals surface area contributed by atoms with Crippen molar-refractivity contribution in [2.24, 2.45) is 5.92 Å². The van der Waals surface area contributed by atoms with E-state index in [9.17, 15) is 13.2 Å². The van der Waals surface area contributed by atoms with Gasteiger partial charge in [0.05, 0.1) is 4.90 Å². The normalized spacial score (nSPS) is 13.2. The Morgan fingerprint density at radius 3 is 2.38 bits per heavy atom. The van der Waals surface area contributed by atoms with Gasteiger partial charge in [0, 0.05) is 6.54 Å². The maximum absolute atomic E-state index is 12.7. The van der Waals surface area contributed by atoms with Crippen molar-refractivity contribution in [1.82, 2.24) is 10.0 Å². The first-order valence-electron chi connectivity index (χ1n) is 8.14. The van der Waals surface area contributed by atoms with Gasteiger partial charge in [-0.3, -0.25) is 4.79 Å². The summed E-state index contributed by atoms with van der Waals surface area (Å²) in [4.78, 5) is 12.4. The maximum atomic E-state index is 12.7. The zero-order valence-electron chi connectivity index (χ0n) is 14.2. The summed E-state index contributed by atoms with van der Waals surface area (Å²) in [5.74, 6) is -0.451. The highest BCUT2D eigenvalue weighted by Crippen LogP contribution is 2.19. The minimum Gasteiger partial charge on any atom is -0.355 e. The van der Waals surface area contributed by atoms with Crippen LogP contribution in [0.5, 0.6) is 0 Å². The molecule has 130 valence electrons. The summed E-state index contributed by atoms with van der Waals surface area (Å²) in [7, 11) is -3.78. The van der Waals surface area contributed by atoms with Crippen LogP contribution in [0.25, 0.3) is 10.8 Å². The third-order valence-electron chi connectivity index (χ3n) is 3.81. The lowest BCUT2D eigenvalue weighted by molar-refractivity contribution is -0.123. The molecule has 2 aromatic carbocycles. The number of sulfonamides is 1. The first kappa shape index (κ1) is 18.4. The summed E-state index contributed by atoms with van der Waals surface area (Å²) in [5.41, 5.74) is 0. The predicted molar refractivity (Wildman–Crippen MR) is 96.2 cm³/mol. The van der Waals surface area contributed by atoms with Crippen molar-refractivity contribution in [3.63, 3.8) is 0 Å². The van der Waals surface area contributed by atoms with Gasteiger partial charge in [0.25, 0.3) is 0 Å². The first-order chi connectivity index (χ1) is 11.3. The summed E-state index contributed by atoms with van der Waals surface area (Å²) >= 11 is 0. The van der Waals surface area contributed by atoms with E-state index in [0.29, 0.717) is 6.54 Å². The fourth-order valence-corrected chi connectivity index (χ4v) is 3.80. The van der Waals surface area contributed by atoms with Gasteiger partial charge < -0.3 is 5.32 Å². The van der Waals surface area contributed by atoms with Crippen LogP contribution in [-0.4, -0.2) is 26.9 Å². The van der Waals surface area contributed by atoms with E-state index < -0.39 is 16.1 Å². The Labute approximate surface area is 143 Å². The van der Waals surface area contributed by atoms with Crippen molar-refractivity contribution in [3.8, 4) is 0 Å². The van der Waals surface area contributed by atoms with E-state index in [-0.39, 0.29) is 16.7 Å². The van der Waals surface area contributed by atoms with E-state index in [1.165, 1.54) is 0 Å². The Kier molecular flexibility index (Phi) is 5.96. The molecule has 0 saturated carbocycles. The molecule has 2 N–H and O–H groups in total. The smallest absolute Gasteiger partial charge is 0.241 e. The van der Waals surface area contributed by atoms with Gasteiger partial charge in [0.15, 0.2) is 0 Å². The van der Waals surface area contributed by atoms with Crippen LogP contribution in [0.15, 0.2) is 47.4 Å². The van der Waals surface area contributed by atoms with Crippen molar-refractivity contribution >= 4 is 26.7 Å². The van der Waals surface area contributed by atoms with E-state index >= 15 is 0 Å². The molecular formula is C18H24N2O3S. The number of nitrogens with one attached hydrogen (secondary N) is 2. The minimum absolute atomic E-state index is 0.155. The van der Waals surface area contributed by atoms with Crippen molar-refractivity contribution in [2.75, 3.05) is 6.54 Å². The second-order valence-electron chi connectivity index (χ2n) is 6.14. The fraction of sp³-hybridized carbons (Fsp3) is 0.389. The molecule has 0 radical (unpaired) electrons. The summed E-state index contributed by atoms with van der Waals surface area (Å²) in [6.45, 7) is 6.11. The van der Waals surface area contributed by atoms with Crippen molar-refractivity contribution < 1.29 is 13.2 Å². The fourth-order valence-electron chi connectivity index (χ4n) is 2.42. The Morgan fingerprint density at radius 2 is 1.75 bits per heavy atom. The molecule has 2 rings (SSSR count). The summed E-state index contributed by atoms with van der Waals surface area (Å²) in [5, 5.41) is 4.57. The molecule has 0 aromatic heterocycles. The number of fused-ring (bicyclic) bond motifs is 1. The van der Waals surface area contributed by atoms with Crippen LogP contribution < -0.4 is 10.0 Å². The molecule has 0 bridgehead atoms. The molecule has 6 heteroatoms. The van der Waals surface area contributed by atoms with E-state index in [4.69, 9.17) is 0 Å². The molecule has 0 aliphatic heterocycles. The second-order valence-corrected chi connectivity index (χ2v) is 7.86. The molecule has 2 aromatic rings. The zero-order chi connectivity index (χ0) is 17.7. The number of hydrogen-bond acceptors (Lipinski definition) is 3. The summed E-state index contributed by atoms with van der Waals surface area (Å²) in [6, 6.07) is 11.7. The van der Waals surface area contributed by atoms with E-state index in [0.717, 1.165) is 17.2 Å². The van der Waals surface area contributed by atoms with Gasteiger partial charge in [-0.2, -0.15) is 4.72 Å². The van der Waals surface area contributed by atoms with Crippen molar-refractivity contribution in [1.29, 1.82) is 0 Å². The van der Waals surface area contributed by atoms with E-state index in [1.54, 1.807) is 18.2 Å². The molecule has 5 nitrogen and oxygen atoms in total. The van der Waals surface area contributed by atoms with Crippen LogP contribution in [-0.2, 0) is 14.8 Å². The van der Waals surface area contributed by atoms with Crippen LogP contribution in [0.1, 0.15) is 27.2 Å². The predicted octanol–water partition coefficient (Wildman–Crippen LogP) is 2.67. The maximum Gasteiger partial charge on any atom is 0.241 e. The summed E-state index contributed by atoms with van der Waals surface area (Å²) < 4.78 is 27.9. The van der Waals surface area contributed by atoms with Gasteiger partial charge in [-0.15, -0.1) is 0 Å². The SMILES string of the molecule is CCCNC(=O)[C@H](NS(=O)(=O)c1ccc2ccccc2c1)C(C)C. The third kappa shape index (κ3) is 4.33. The third-order valence-corrected chi connectivity index (χ3v) is 5.25. The lowest BCUT2D eigenvalue weighted by atomic mass is 10.1. The number of carbonyl (C=O) groups is 1. The van der Waals surface area contributed by atoms with Crippen molar-refractivity contribution in [2.45, 2.75) is 38.1 Å². The average molecular weight is 348 g/mol. The number of benzene rings is 2. The molecule has 0 fully saturated rings. The van der Waals surface area contributed by atoms with Gasteiger partial charge in [-0.25, -0.2) is 8.42 Å².